The van der Waals surface area contributed by atoms with Gasteiger partial charge in [0.1, 0.15) is 11.5 Å². The predicted molar refractivity (Wildman–Crippen MR) is 107 cm³/mol. The Bertz CT molecular complexity index is 1280. The Morgan fingerprint density at radius 2 is 1.64 bits per heavy atom. The zero-order chi connectivity index (χ0) is 18.9. The molecule has 0 atom stereocenters. The second kappa shape index (κ2) is 6.70. The molecule has 0 saturated carbocycles. The van der Waals surface area contributed by atoms with E-state index in [4.69, 9.17) is 0 Å². The lowest BCUT2D eigenvalue weighted by Crippen LogP contribution is -1.92. The van der Waals surface area contributed by atoms with E-state index in [1.807, 2.05) is 65.3 Å². The maximum atomic E-state index is 14.1. The first-order valence-electron chi connectivity index (χ1n) is 8.88. The van der Waals surface area contributed by atoms with Crippen molar-refractivity contribution in [2.24, 2.45) is 0 Å². The lowest BCUT2D eigenvalue weighted by atomic mass is 10.1. The third-order valence-electron chi connectivity index (χ3n) is 4.72. The van der Waals surface area contributed by atoms with Gasteiger partial charge in [-0.15, -0.1) is 0 Å². The molecule has 0 N–H and O–H groups in total. The van der Waals surface area contributed by atoms with Crippen molar-refractivity contribution in [3.63, 3.8) is 0 Å². The van der Waals surface area contributed by atoms with Crippen LogP contribution in [-0.2, 0) is 0 Å². The Balaban J connectivity index is 1.59. The quantitative estimate of drug-likeness (QED) is 0.437. The molecule has 28 heavy (non-hydrogen) atoms. The van der Waals surface area contributed by atoms with Crippen LogP contribution >= 0.6 is 0 Å². The van der Waals surface area contributed by atoms with Gasteiger partial charge in [-0.05, 0) is 35.9 Å². The van der Waals surface area contributed by atoms with Crippen molar-refractivity contribution in [2.75, 3.05) is 0 Å². The molecule has 0 aliphatic rings. The van der Waals surface area contributed by atoms with Crippen LogP contribution in [0.1, 0.15) is 0 Å². The number of imidazole rings is 1. The lowest BCUT2D eigenvalue weighted by Gasteiger charge is -2.07. The molecular weight excluding hydrogens is 351 g/mol. The van der Waals surface area contributed by atoms with E-state index >= 15 is 0 Å². The number of benzene rings is 1. The van der Waals surface area contributed by atoms with Gasteiger partial charge in [0.05, 0.1) is 23.8 Å². The minimum atomic E-state index is -0.347. The van der Waals surface area contributed by atoms with Gasteiger partial charge < -0.3 is 0 Å². The van der Waals surface area contributed by atoms with Gasteiger partial charge in [0, 0.05) is 35.3 Å². The van der Waals surface area contributed by atoms with E-state index in [0.29, 0.717) is 5.56 Å². The summed E-state index contributed by atoms with van der Waals surface area (Å²) >= 11 is 0. The highest BCUT2D eigenvalue weighted by Gasteiger charge is 2.11. The van der Waals surface area contributed by atoms with Crippen LogP contribution in [-0.4, -0.2) is 19.4 Å². The van der Waals surface area contributed by atoms with E-state index in [9.17, 15) is 4.39 Å². The van der Waals surface area contributed by atoms with E-state index in [2.05, 4.69) is 21.0 Å². The van der Waals surface area contributed by atoms with E-state index in [1.165, 1.54) is 6.20 Å². The van der Waals surface area contributed by atoms with Crippen LogP contribution in [0, 0.1) is 5.82 Å². The van der Waals surface area contributed by atoms with Crippen LogP contribution in [0.5, 0.6) is 0 Å². The molecule has 0 aliphatic heterocycles. The van der Waals surface area contributed by atoms with Crippen molar-refractivity contribution >= 4 is 5.65 Å². The molecule has 1 aromatic carbocycles. The van der Waals surface area contributed by atoms with E-state index < -0.39 is 0 Å². The zero-order valence-corrected chi connectivity index (χ0v) is 14.8. The van der Waals surface area contributed by atoms with E-state index in [0.717, 1.165) is 33.7 Å². The van der Waals surface area contributed by atoms with Crippen LogP contribution in [0.4, 0.5) is 4.39 Å². The standard InChI is InChI=1S/C23H15FN4/c24-20-14-25-9-7-19(20)17-8-11-28-22(15-27-23(28)13-17)18-6-10-26-21(12-18)16-4-2-1-3-5-16/h1-15H. The van der Waals surface area contributed by atoms with Crippen molar-refractivity contribution in [1.29, 1.82) is 0 Å². The highest BCUT2D eigenvalue weighted by Crippen LogP contribution is 2.28. The fourth-order valence-corrected chi connectivity index (χ4v) is 3.33. The first-order chi connectivity index (χ1) is 13.8. The van der Waals surface area contributed by atoms with Crippen molar-refractivity contribution in [3.8, 4) is 33.6 Å². The fourth-order valence-electron chi connectivity index (χ4n) is 3.33. The third-order valence-corrected chi connectivity index (χ3v) is 4.72. The lowest BCUT2D eigenvalue weighted by molar-refractivity contribution is 0.625. The van der Waals surface area contributed by atoms with Gasteiger partial charge in [-0.2, -0.15) is 0 Å². The molecule has 5 rings (SSSR count). The van der Waals surface area contributed by atoms with Crippen LogP contribution in [0.3, 0.4) is 0 Å². The number of hydrogen-bond donors (Lipinski definition) is 0. The monoisotopic (exact) mass is 366 g/mol. The van der Waals surface area contributed by atoms with E-state index in [-0.39, 0.29) is 5.82 Å². The molecule has 0 bridgehead atoms. The van der Waals surface area contributed by atoms with Gasteiger partial charge in [0.2, 0.25) is 0 Å². The van der Waals surface area contributed by atoms with Crippen LogP contribution in [0.25, 0.3) is 39.3 Å². The predicted octanol–water partition coefficient (Wildman–Crippen LogP) is 5.26. The fraction of sp³-hybridized carbons (Fsp3) is 0. The van der Waals surface area contributed by atoms with Gasteiger partial charge in [-0.25, -0.2) is 9.37 Å². The average Bonchev–Trinajstić information content (AvgIpc) is 3.18. The summed E-state index contributed by atoms with van der Waals surface area (Å²) < 4.78 is 16.0. The van der Waals surface area contributed by atoms with Crippen molar-refractivity contribution in [1.82, 2.24) is 19.4 Å². The highest BCUT2D eigenvalue weighted by atomic mass is 19.1. The Labute approximate surface area is 161 Å². The summed E-state index contributed by atoms with van der Waals surface area (Å²) in [6.45, 7) is 0. The third kappa shape index (κ3) is 2.83. The first kappa shape index (κ1) is 16.3. The Morgan fingerprint density at radius 3 is 2.50 bits per heavy atom. The Kier molecular flexibility index (Phi) is 3.91. The molecular formula is C23H15FN4. The Morgan fingerprint density at radius 1 is 0.750 bits per heavy atom. The molecule has 134 valence electrons. The van der Waals surface area contributed by atoms with Crippen LogP contribution < -0.4 is 0 Å². The summed E-state index contributed by atoms with van der Waals surface area (Å²) in [5.74, 6) is -0.347. The molecule has 0 unspecified atom stereocenters. The minimum Gasteiger partial charge on any atom is -0.300 e. The molecule has 5 heteroatoms. The molecule has 0 aliphatic carbocycles. The second-order valence-corrected chi connectivity index (χ2v) is 6.44. The summed E-state index contributed by atoms with van der Waals surface area (Å²) in [6.07, 6.45) is 8.35. The summed E-state index contributed by atoms with van der Waals surface area (Å²) in [6, 6.07) is 19.5. The number of pyridine rings is 3. The molecule has 4 aromatic heterocycles. The molecule has 0 radical (unpaired) electrons. The number of halogens is 1. The maximum Gasteiger partial charge on any atom is 0.149 e. The minimum absolute atomic E-state index is 0.347. The van der Waals surface area contributed by atoms with Crippen molar-refractivity contribution in [2.45, 2.75) is 0 Å². The summed E-state index contributed by atoms with van der Waals surface area (Å²) in [7, 11) is 0. The zero-order valence-electron chi connectivity index (χ0n) is 14.8. The molecule has 4 nitrogen and oxygen atoms in total. The Hall–Kier alpha value is -3.86. The van der Waals surface area contributed by atoms with Crippen molar-refractivity contribution < 1.29 is 4.39 Å². The maximum absolute atomic E-state index is 14.1. The molecule has 0 amide bonds. The molecule has 4 heterocycles. The number of nitrogens with zero attached hydrogens (tertiary/aromatic N) is 4. The summed E-state index contributed by atoms with van der Waals surface area (Å²) in [5, 5.41) is 0. The number of rotatable bonds is 3. The van der Waals surface area contributed by atoms with Gasteiger partial charge in [-0.3, -0.25) is 14.4 Å². The second-order valence-electron chi connectivity index (χ2n) is 6.44. The normalized spacial score (nSPS) is 11.0. The molecule has 5 aromatic rings. The topological polar surface area (TPSA) is 43.1 Å². The van der Waals surface area contributed by atoms with Gasteiger partial charge in [0.15, 0.2) is 0 Å². The van der Waals surface area contributed by atoms with Gasteiger partial charge >= 0.3 is 0 Å². The highest BCUT2D eigenvalue weighted by molar-refractivity contribution is 5.73. The van der Waals surface area contributed by atoms with E-state index in [1.54, 1.807) is 18.5 Å². The SMILES string of the molecule is Fc1cnccc1-c1ccn2c(-c3ccnc(-c4ccccc4)c3)cnc2c1. The van der Waals surface area contributed by atoms with Gasteiger partial charge in [-0.1, -0.05) is 30.3 Å². The largest absolute Gasteiger partial charge is 0.300 e. The van der Waals surface area contributed by atoms with Crippen LogP contribution in [0.15, 0.2) is 91.6 Å². The molecule has 0 fully saturated rings. The van der Waals surface area contributed by atoms with Gasteiger partial charge in [0.25, 0.3) is 0 Å². The molecule has 0 spiro atoms. The summed E-state index contributed by atoms with van der Waals surface area (Å²) in [5.41, 5.74) is 5.97. The number of hydrogen-bond acceptors (Lipinski definition) is 3. The summed E-state index contributed by atoms with van der Waals surface area (Å²) in [4.78, 5) is 12.8. The number of aromatic nitrogens is 4. The number of fused-ring (bicyclic) bond motifs is 1. The van der Waals surface area contributed by atoms with Crippen molar-refractivity contribution in [3.05, 3.63) is 97.5 Å². The van der Waals surface area contributed by atoms with Crippen LogP contribution in [0.2, 0.25) is 0 Å². The average molecular weight is 366 g/mol. The molecule has 0 saturated heterocycles. The first-order valence-corrected chi connectivity index (χ1v) is 8.88. The smallest absolute Gasteiger partial charge is 0.149 e.